The summed E-state index contributed by atoms with van der Waals surface area (Å²) in [5.41, 5.74) is 2.73. The van der Waals surface area contributed by atoms with Crippen LogP contribution < -0.4 is 0 Å². The highest BCUT2D eigenvalue weighted by molar-refractivity contribution is 7.81. The Kier molecular flexibility index (Phi) is 8.85. The van der Waals surface area contributed by atoms with E-state index in [1.165, 1.54) is 18.2 Å². The quantitative estimate of drug-likeness (QED) is 0.166. The van der Waals surface area contributed by atoms with E-state index >= 15 is 0 Å². The molecule has 0 N–H and O–H groups in total. The largest absolute Gasteiger partial charge is 0.363 e. The Balaban J connectivity index is 0.000000157. The maximum Gasteiger partial charge on any atom is 0.363 e. The minimum atomic E-state index is -0.781. The second-order valence-corrected chi connectivity index (χ2v) is 12.7. The fourth-order valence-corrected chi connectivity index (χ4v) is 6.81. The first kappa shape index (κ1) is 33.0. The molecule has 0 bridgehead atoms. The van der Waals surface area contributed by atoms with Crippen LogP contribution in [0, 0.1) is 0 Å². The van der Waals surface area contributed by atoms with Gasteiger partial charge in [0.2, 0.25) is 0 Å². The summed E-state index contributed by atoms with van der Waals surface area (Å²) in [6, 6.07) is 34.7. The van der Waals surface area contributed by atoms with Crippen molar-refractivity contribution in [3.05, 3.63) is 165 Å². The van der Waals surface area contributed by atoms with E-state index in [0.717, 1.165) is 31.7 Å². The number of carbonyl (C=O) groups is 4. The van der Waals surface area contributed by atoms with Crippen molar-refractivity contribution in [3.8, 4) is 0 Å². The van der Waals surface area contributed by atoms with Crippen LogP contribution in [0.25, 0.3) is 21.5 Å². The highest BCUT2D eigenvalue weighted by Gasteiger charge is 2.35. The molecule has 0 saturated heterocycles. The normalized spacial score (nSPS) is 13.2. The van der Waals surface area contributed by atoms with Crippen molar-refractivity contribution in [3.63, 3.8) is 0 Å². The molecule has 8 nitrogen and oxygen atoms in total. The third kappa shape index (κ3) is 5.99. The smallest absolute Gasteiger partial charge is 0.327 e. The number of hydrogen-bond acceptors (Lipinski definition) is 8. The predicted octanol–water partition coefficient (Wildman–Crippen LogP) is 8.79. The Morgan fingerprint density at radius 3 is 1.34 bits per heavy atom. The zero-order valence-electron chi connectivity index (χ0n) is 25.5. The molecule has 2 aliphatic heterocycles. The van der Waals surface area contributed by atoms with Crippen LogP contribution in [-0.2, 0) is 9.68 Å². The lowest BCUT2D eigenvalue weighted by Crippen LogP contribution is -2.41. The minimum absolute atomic E-state index is 0.121. The fourth-order valence-electron chi connectivity index (χ4n) is 5.70. The van der Waals surface area contributed by atoms with Crippen LogP contribution in [0.2, 0.25) is 10.0 Å². The van der Waals surface area contributed by atoms with E-state index in [2.05, 4.69) is 0 Å². The Morgan fingerprint density at radius 1 is 0.500 bits per heavy atom. The molecule has 2 amide bonds. The van der Waals surface area contributed by atoms with Crippen molar-refractivity contribution in [2.24, 2.45) is 0 Å². The zero-order chi connectivity index (χ0) is 35.1. The predicted molar refractivity (Wildman–Crippen MR) is 197 cm³/mol. The number of halogens is 2. The number of nitrogens with zero attached hydrogens (tertiary/aromatic N) is 2. The van der Waals surface area contributed by atoms with Crippen molar-refractivity contribution >= 4 is 103 Å². The van der Waals surface area contributed by atoms with Crippen molar-refractivity contribution in [2.75, 3.05) is 0 Å². The first-order valence-electron chi connectivity index (χ1n) is 14.9. The SMILES string of the molecule is O=C(ON1C(=O)c2cccc3cccc(c23)C1=S)c1cc(Cl)cc(Cl)c1.O=C(ON1C(=O)c2cccc3cccc(c23)C1=S)c1ccccc1. The second kappa shape index (κ2) is 13.4. The number of rotatable bonds is 4. The number of carbonyl (C=O) groups excluding carboxylic acids is 4. The topological polar surface area (TPSA) is 93.2 Å². The van der Waals surface area contributed by atoms with Gasteiger partial charge in [-0.2, -0.15) is 0 Å². The summed E-state index contributed by atoms with van der Waals surface area (Å²) in [6.07, 6.45) is 0. The van der Waals surface area contributed by atoms with Gasteiger partial charge in [0, 0.05) is 31.9 Å². The number of thiocarbonyl (C=S) groups is 2. The fraction of sp³-hybridized carbons (Fsp3) is 0. The lowest BCUT2D eigenvalue weighted by molar-refractivity contribution is -0.0382. The second-order valence-electron chi connectivity index (χ2n) is 11.0. The summed E-state index contributed by atoms with van der Waals surface area (Å²) in [6.45, 7) is 0. The highest BCUT2D eigenvalue weighted by Crippen LogP contribution is 2.32. The molecular weight excluding hydrogens is 715 g/mol. The van der Waals surface area contributed by atoms with Gasteiger partial charge in [-0.25, -0.2) is 9.59 Å². The molecule has 50 heavy (non-hydrogen) atoms. The Bertz CT molecular complexity index is 2330. The number of amides is 2. The summed E-state index contributed by atoms with van der Waals surface area (Å²) in [7, 11) is 0. The number of hydroxylamine groups is 4. The molecule has 0 radical (unpaired) electrons. The van der Waals surface area contributed by atoms with Crippen LogP contribution in [0.4, 0.5) is 0 Å². The van der Waals surface area contributed by atoms with Crippen molar-refractivity contribution < 1.29 is 28.9 Å². The molecule has 6 aromatic carbocycles. The summed E-state index contributed by atoms with van der Waals surface area (Å²) < 4.78 is 0. The van der Waals surface area contributed by atoms with Gasteiger partial charge < -0.3 is 9.68 Å². The summed E-state index contributed by atoms with van der Waals surface area (Å²) in [4.78, 5) is 61.2. The Labute approximate surface area is 305 Å². The molecule has 2 aliphatic rings. The number of hydrogen-bond donors (Lipinski definition) is 0. The summed E-state index contributed by atoms with van der Waals surface area (Å²) in [5.74, 6) is -2.34. The van der Waals surface area contributed by atoms with Gasteiger partial charge in [0.05, 0.1) is 22.3 Å². The van der Waals surface area contributed by atoms with Crippen LogP contribution in [-0.4, -0.2) is 43.9 Å². The monoisotopic (exact) mass is 734 g/mol. The molecule has 6 aromatic rings. The molecule has 12 heteroatoms. The van der Waals surface area contributed by atoms with E-state index in [9.17, 15) is 19.2 Å². The van der Waals surface area contributed by atoms with E-state index in [-0.39, 0.29) is 25.6 Å². The molecule has 0 spiro atoms. The van der Waals surface area contributed by atoms with E-state index in [1.54, 1.807) is 60.7 Å². The third-order valence-electron chi connectivity index (χ3n) is 7.93. The maximum absolute atomic E-state index is 12.8. The van der Waals surface area contributed by atoms with E-state index < -0.39 is 23.8 Å². The van der Waals surface area contributed by atoms with Crippen molar-refractivity contribution in [1.29, 1.82) is 0 Å². The van der Waals surface area contributed by atoms with Gasteiger partial charge in [-0.3, -0.25) is 9.59 Å². The number of benzene rings is 6. The van der Waals surface area contributed by atoms with Gasteiger partial charge in [0.1, 0.15) is 0 Å². The Hall–Kier alpha value is -5.52. The van der Waals surface area contributed by atoms with Gasteiger partial charge >= 0.3 is 11.9 Å². The molecule has 0 saturated carbocycles. The van der Waals surface area contributed by atoms with Gasteiger partial charge in [-0.15, -0.1) is 10.1 Å². The zero-order valence-corrected chi connectivity index (χ0v) is 28.6. The average molecular weight is 736 g/mol. The molecule has 0 unspecified atom stereocenters. The van der Waals surface area contributed by atoms with E-state index in [0.29, 0.717) is 27.8 Å². The van der Waals surface area contributed by atoms with E-state index in [4.69, 9.17) is 57.3 Å². The lowest BCUT2D eigenvalue weighted by Gasteiger charge is -2.27. The van der Waals surface area contributed by atoms with Crippen LogP contribution in [0.15, 0.2) is 121 Å². The molecule has 0 atom stereocenters. The van der Waals surface area contributed by atoms with Gasteiger partial charge in [0.25, 0.3) is 11.8 Å². The van der Waals surface area contributed by atoms with Crippen molar-refractivity contribution in [1.82, 2.24) is 10.1 Å². The average Bonchev–Trinajstić information content (AvgIpc) is 3.13. The van der Waals surface area contributed by atoms with Gasteiger partial charge in [-0.1, -0.05) is 127 Å². The first-order valence-corrected chi connectivity index (χ1v) is 16.5. The van der Waals surface area contributed by atoms with Crippen LogP contribution in [0.1, 0.15) is 52.6 Å². The molecule has 0 aromatic heterocycles. The van der Waals surface area contributed by atoms with E-state index in [1.807, 2.05) is 42.5 Å². The van der Waals surface area contributed by atoms with Crippen LogP contribution >= 0.6 is 47.6 Å². The molecular formula is C38H20Cl2N2O6S2. The summed E-state index contributed by atoms with van der Waals surface area (Å²) >= 11 is 22.6. The van der Waals surface area contributed by atoms with Crippen molar-refractivity contribution in [2.45, 2.75) is 0 Å². The molecule has 0 fully saturated rings. The Morgan fingerprint density at radius 2 is 0.900 bits per heavy atom. The third-order valence-corrected chi connectivity index (χ3v) is 9.13. The molecule has 244 valence electrons. The summed E-state index contributed by atoms with van der Waals surface area (Å²) in [5, 5.41) is 5.67. The standard InChI is InChI=1S/C19H9Cl2NO3S.C19H11NO3S/c20-12-7-11(8-13(21)9-12)19(24)25-22-17(23)14-5-1-3-10-4-2-6-15(16(10)14)18(22)26;21-17-14-10-4-8-12-9-5-11-15(16(12)14)18(24)20(17)23-19(22)13-6-2-1-3-7-13/h1-9H;1-11H. The molecule has 2 heterocycles. The maximum atomic E-state index is 12.8. The van der Waals surface area contributed by atoms with Crippen LogP contribution in [0.3, 0.4) is 0 Å². The molecule has 0 aliphatic carbocycles. The first-order chi connectivity index (χ1) is 24.1. The van der Waals surface area contributed by atoms with Gasteiger partial charge in [-0.05, 0) is 53.2 Å². The highest BCUT2D eigenvalue weighted by atomic mass is 35.5. The van der Waals surface area contributed by atoms with Crippen LogP contribution in [0.5, 0.6) is 0 Å². The minimum Gasteiger partial charge on any atom is -0.327 e. The molecule has 8 rings (SSSR count). The lowest BCUT2D eigenvalue weighted by atomic mass is 9.95. The van der Waals surface area contributed by atoms with Gasteiger partial charge in [0.15, 0.2) is 9.98 Å².